The summed E-state index contributed by atoms with van der Waals surface area (Å²) in [6.45, 7) is -2.22. The zero-order chi connectivity index (χ0) is 15.3. The molecule has 1 aromatic carbocycles. The largest absolute Gasteiger partial charge is 0.483 e. The van der Waals surface area contributed by atoms with Crippen molar-refractivity contribution in [3.05, 3.63) is 28.8 Å². The molecule has 0 radical (unpaired) electrons. The van der Waals surface area contributed by atoms with Gasteiger partial charge in [-0.3, -0.25) is 4.79 Å². The van der Waals surface area contributed by atoms with E-state index in [-0.39, 0.29) is 16.3 Å². The van der Waals surface area contributed by atoms with Crippen LogP contribution in [0, 0.1) is 0 Å². The molecule has 0 aliphatic rings. The first-order valence-corrected chi connectivity index (χ1v) is 5.56. The van der Waals surface area contributed by atoms with Crippen LogP contribution in [0.1, 0.15) is 10.4 Å². The number of hydrogen-bond acceptors (Lipinski definition) is 3. The molecule has 0 fully saturated rings. The Morgan fingerprint density at radius 1 is 1.35 bits per heavy atom. The summed E-state index contributed by atoms with van der Waals surface area (Å²) in [7, 11) is 0. The molecule has 2 N–H and O–H groups in total. The van der Waals surface area contributed by atoms with Crippen molar-refractivity contribution in [2.24, 2.45) is 0 Å². The van der Waals surface area contributed by atoms with E-state index in [9.17, 15) is 22.8 Å². The third-order valence-corrected chi connectivity index (χ3v) is 2.25. The molecule has 20 heavy (non-hydrogen) atoms. The van der Waals surface area contributed by atoms with E-state index >= 15 is 0 Å². The average molecular weight is 312 g/mol. The molecule has 9 heteroatoms. The normalized spacial score (nSPS) is 11.0. The van der Waals surface area contributed by atoms with Gasteiger partial charge in [0.05, 0.1) is 0 Å². The maximum Gasteiger partial charge on any atom is 0.405 e. The fraction of sp³-hybridized carbons (Fsp3) is 0.273. The van der Waals surface area contributed by atoms with Gasteiger partial charge in [-0.05, 0) is 18.2 Å². The molecule has 0 bridgehead atoms. The van der Waals surface area contributed by atoms with Gasteiger partial charge in [0.25, 0.3) is 5.91 Å². The number of carboxylic acids is 1. The third-order valence-electron chi connectivity index (χ3n) is 2.02. The van der Waals surface area contributed by atoms with Crippen molar-refractivity contribution in [1.29, 1.82) is 0 Å². The van der Waals surface area contributed by atoms with Crippen LogP contribution in [-0.2, 0) is 4.79 Å². The van der Waals surface area contributed by atoms with Gasteiger partial charge >= 0.3 is 12.1 Å². The van der Waals surface area contributed by atoms with Gasteiger partial charge in [-0.15, -0.1) is 0 Å². The van der Waals surface area contributed by atoms with E-state index in [0.717, 1.165) is 6.07 Å². The second-order valence-corrected chi connectivity index (χ2v) is 4.06. The van der Waals surface area contributed by atoms with E-state index in [0.29, 0.717) is 0 Å². The predicted octanol–water partition coefficient (Wildman–Crippen LogP) is 2.10. The number of aromatic carboxylic acids is 1. The molecule has 5 nitrogen and oxygen atoms in total. The van der Waals surface area contributed by atoms with Crippen LogP contribution < -0.4 is 10.1 Å². The van der Waals surface area contributed by atoms with E-state index in [1.54, 1.807) is 5.32 Å². The van der Waals surface area contributed by atoms with Crippen LogP contribution >= 0.6 is 11.6 Å². The second-order valence-electron chi connectivity index (χ2n) is 3.63. The Balaban J connectivity index is 2.62. The molecule has 0 heterocycles. The van der Waals surface area contributed by atoms with E-state index < -0.39 is 31.2 Å². The SMILES string of the molecule is O=C(COc1ccc(Cl)cc1C(=O)O)NCC(F)(F)F. The van der Waals surface area contributed by atoms with Crippen molar-refractivity contribution in [3.63, 3.8) is 0 Å². The molecule has 1 amide bonds. The molecule has 0 saturated carbocycles. The number of alkyl halides is 3. The highest BCUT2D eigenvalue weighted by atomic mass is 35.5. The summed E-state index contributed by atoms with van der Waals surface area (Å²) in [4.78, 5) is 22.0. The summed E-state index contributed by atoms with van der Waals surface area (Å²) >= 11 is 5.60. The lowest BCUT2D eigenvalue weighted by Gasteiger charge is -2.11. The first-order valence-electron chi connectivity index (χ1n) is 5.18. The van der Waals surface area contributed by atoms with Crippen molar-refractivity contribution in [2.45, 2.75) is 6.18 Å². The fourth-order valence-corrected chi connectivity index (χ4v) is 1.36. The van der Waals surface area contributed by atoms with Gasteiger partial charge in [0.2, 0.25) is 0 Å². The molecule has 0 aliphatic carbocycles. The number of carboxylic acid groups (broad SMARTS) is 1. The van der Waals surface area contributed by atoms with Crippen LogP contribution in [0.5, 0.6) is 5.75 Å². The first-order chi connectivity index (χ1) is 9.19. The van der Waals surface area contributed by atoms with Gasteiger partial charge in [0.15, 0.2) is 6.61 Å². The van der Waals surface area contributed by atoms with Gasteiger partial charge in [-0.25, -0.2) is 4.79 Å². The van der Waals surface area contributed by atoms with Gasteiger partial charge < -0.3 is 15.2 Å². The lowest BCUT2D eigenvalue weighted by Crippen LogP contribution is -2.36. The third kappa shape index (κ3) is 5.35. The van der Waals surface area contributed by atoms with Gasteiger partial charge in [-0.1, -0.05) is 11.6 Å². The Labute approximate surface area is 116 Å². The molecule has 0 unspecified atom stereocenters. The van der Waals surface area contributed by atoms with E-state index in [4.69, 9.17) is 21.4 Å². The zero-order valence-electron chi connectivity index (χ0n) is 9.83. The highest BCUT2D eigenvalue weighted by molar-refractivity contribution is 6.31. The first kappa shape index (κ1) is 16.1. The molecule has 0 aromatic heterocycles. The molecule has 0 atom stereocenters. The van der Waals surface area contributed by atoms with E-state index in [2.05, 4.69) is 0 Å². The van der Waals surface area contributed by atoms with Gasteiger partial charge in [0.1, 0.15) is 17.9 Å². The average Bonchev–Trinajstić information content (AvgIpc) is 2.33. The Bertz CT molecular complexity index is 519. The lowest BCUT2D eigenvalue weighted by molar-refractivity contribution is -0.139. The molecule has 0 spiro atoms. The molecule has 0 aliphatic heterocycles. The number of amides is 1. The molecule has 1 rings (SSSR count). The molecular weight excluding hydrogens is 303 g/mol. The van der Waals surface area contributed by atoms with Crippen LogP contribution in [0.25, 0.3) is 0 Å². The highest BCUT2D eigenvalue weighted by Gasteiger charge is 2.27. The minimum absolute atomic E-state index is 0.149. The van der Waals surface area contributed by atoms with Crippen molar-refractivity contribution < 1.29 is 32.6 Å². The number of ether oxygens (including phenoxy) is 1. The van der Waals surface area contributed by atoms with Crippen molar-refractivity contribution >= 4 is 23.5 Å². The molecule has 1 aromatic rings. The number of rotatable bonds is 5. The summed E-state index contributed by atoms with van der Waals surface area (Å²) in [6, 6.07) is 3.65. The van der Waals surface area contributed by atoms with Crippen LogP contribution in [0.3, 0.4) is 0 Å². The summed E-state index contributed by atoms with van der Waals surface area (Å²) in [5.74, 6) is -2.52. The van der Waals surface area contributed by atoms with Crippen molar-refractivity contribution in [3.8, 4) is 5.75 Å². The fourth-order valence-electron chi connectivity index (χ4n) is 1.19. The van der Waals surface area contributed by atoms with Crippen LogP contribution in [0.4, 0.5) is 13.2 Å². The number of nitrogens with one attached hydrogen (secondary N) is 1. The number of carbonyl (C=O) groups excluding carboxylic acids is 1. The Kier molecular flexibility index (Phi) is 5.20. The Morgan fingerprint density at radius 2 is 2.00 bits per heavy atom. The monoisotopic (exact) mass is 311 g/mol. The molecular formula is C11H9ClF3NO4. The minimum Gasteiger partial charge on any atom is -0.483 e. The maximum absolute atomic E-state index is 11.8. The summed E-state index contributed by atoms with van der Waals surface area (Å²) < 4.78 is 40.4. The van der Waals surface area contributed by atoms with Crippen molar-refractivity contribution in [1.82, 2.24) is 5.32 Å². The van der Waals surface area contributed by atoms with Gasteiger partial charge in [0, 0.05) is 5.02 Å². The van der Waals surface area contributed by atoms with Crippen LogP contribution in [0.15, 0.2) is 18.2 Å². The second kappa shape index (κ2) is 6.47. The lowest BCUT2D eigenvalue weighted by atomic mass is 10.2. The minimum atomic E-state index is -4.53. The molecule has 110 valence electrons. The number of halogens is 4. The number of carbonyl (C=O) groups is 2. The van der Waals surface area contributed by atoms with Crippen LogP contribution in [0.2, 0.25) is 5.02 Å². The van der Waals surface area contributed by atoms with Gasteiger partial charge in [-0.2, -0.15) is 13.2 Å². The maximum atomic E-state index is 11.8. The quantitative estimate of drug-likeness (QED) is 0.873. The predicted molar refractivity (Wildman–Crippen MR) is 63.0 cm³/mol. The number of hydrogen-bond donors (Lipinski definition) is 2. The van der Waals surface area contributed by atoms with E-state index in [1.165, 1.54) is 12.1 Å². The summed E-state index contributed by atoms with van der Waals surface area (Å²) in [6.07, 6.45) is -4.53. The van der Waals surface area contributed by atoms with Crippen LogP contribution in [-0.4, -0.2) is 36.3 Å². The smallest absolute Gasteiger partial charge is 0.405 e. The topological polar surface area (TPSA) is 75.6 Å². The number of benzene rings is 1. The Morgan fingerprint density at radius 3 is 2.55 bits per heavy atom. The zero-order valence-corrected chi connectivity index (χ0v) is 10.6. The summed E-state index contributed by atoms with van der Waals surface area (Å²) in [5, 5.41) is 10.6. The van der Waals surface area contributed by atoms with E-state index in [1.807, 2.05) is 0 Å². The standard InChI is InChI=1S/C11H9ClF3NO4/c12-6-1-2-8(7(3-6)10(18)19)20-4-9(17)16-5-11(13,14)15/h1-3H,4-5H2,(H,16,17)(H,18,19). The highest BCUT2D eigenvalue weighted by Crippen LogP contribution is 2.22. The Hall–Kier alpha value is -1.96. The van der Waals surface area contributed by atoms with Crippen molar-refractivity contribution in [2.75, 3.05) is 13.2 Å². The summed E-state index contributed by atoms with van der Waals surface area (Å²) in [5.41, 5.74) is -0.291. The molecule has 0 saturated heterocycles.